The van der Waals surface area contributed by atoms with Crippen LogP contribution in [0, 0.1) is 68.2 Å². The number of rotatable bonds is 5. The average molecular weight is 479 g/mol. The molecule has 0 saturated heterocycles. The van der Waals surface area contributed by atoms with E-state index in [1.165, 1.54) is 72.3 Å². The quantitative estimate of drug-likeness (QED) is 0.375. The summed E-state index contributed by atoms with van der Waals surface area (Å²) in [5.41, 5.74) is 18.1. The molecule has 0 nitrogen and oxygen atoms in total. The molecule has 0 unspecified atom stereocenters. The fraction of sp³-hybridized carbons (Fsp3) is 0.515. The summed E-state index contributed by atoms with van der Waals surface area (Å²) in [4.78, 5) is 0. The van der Waals surface area contributed by atoms with Crippen LogP contribution in [0.2, 0.25) is 0 Å². The standard InChI is InChI=1S/C33H44F2/c1-18(32-24(7)20(3)19(2)21(4)25(32)8)17-30-22(5)26(9)33(27(10)23(30)6)29-14-11-28(12-15-29)13-16-31(34)35/h16-17,28-29H,11-15H2,1-10H3. The summed E-state index contributed by atoms with van der Waals surface area (Å²) in [5.74, 6) is 0.933. The first-order chi connectivity index (χ1) is 16.4. The molecule has 1 fully saturated rings. The molecule has 0 atom stereocenters. The van der Waals surface area contributed by atoms with Gasteiger partial charge in [0.1, 0.15) is 0 Å². The number of hydrogen-bond acceptors (Lipinski definition) is 0. The second-order valence-electron chi connectivity index (χ2n) is 11.1. The Hall–Kier alpha value is -2.22. The molecule has 2 aromatic rings. The monoisotopic (exact) mass is 478 g/mol. The SMILES string of the molecule is CC(=Cc1c(C)c(C)c(C2CCC(CC=C(F)F)CC2)c(C)c1C)c1c(C)c(C)c(C)c(C)c1C. The number of benzene rings is 2. The van der Waals surface area contributed by atoms with E-state index < -0.39 is 6.08 Å². The van der Waals surface area contributed by atoms with Gasteiger partial charge >= 0.3 is 0 Å². The lowest BCUT2D eigenvalue weighted by molar-refractivity contribution is 0.321. The van der Waals surface area contributed by atoms with E-state index in [2.05, 4.69) is 75.3 Å². The molecule has 0 bridgehead atoms. The van der Waals surface area contributed by atoms with E-state index in [0.29, 0.717) is 18.3 Å². The van der Waals surface area contributed by atoms with Crippen LogP contribution in [0.3, 0.4) is 0 Å². The molecule has 0 spiro atoms. The van der Waals surface area contributed by atoms with Gasteiger partial charge in [0.05, 0.1) is 0 Å². The molecular weight excluding hydrogens is 434 g/mol. The Balaban J connectivity index is 2.00. The normalized spacial score (nSPS) is 18.7. The van der Waals surface area contributed by atoms with Gasteiger partial charge in [0.15, 0.2) is 0 Å². The van der Waals surface area contributed by atoms with Gasteiger partial charge in [-0.3, -0.25) is 0 Å². The predicted molar refractivity (Wildman–Crippen MR) is 149 cm³/mol. The minimum absolute atomic E-state index is 0.397. The molecule has 2 aromatic carbocycles. The Bertz CT molecular complexity index is 1120. The highest BCUT2D eigenvalue weighted by Crippen LogP contribution is 2.43. The Morgan fingerprint density at radius 3 is 1.57 bits per heavy atom. The average Bonchev–Trinajstić information content (AvgIpc) is 2.82. The van der Waals surface area contributed by atoms with E-state index in [4.69, 9.17) is 0 Å². The zero-order valence-corrected chi connectivity index (χ0v) is 23.6. The van der Waals surface area contributed by atoms with Gasteiger partial charge in [0.25, 0.3) is 6.08 Å². The summed E-state index contributed by atoms with van der Waals surface area (Å²) in [7, 11) is 0. The summed E-state index contributed by atoms with van der Waals surface area (Å²) in [6, 6.07) is 0. The smallest absolute Gasteiger partial charge is 0.174 e. The van der Waals surface area contributed by atoms with Crippen molar-refractivity contribution in [3.63, 3.8) is 0 Å². The third-order valence-corrected chi connectivity index (χ3v) is 9.36. The molecule has 1 aliphatic carbocycles. The third-order valence-electron chi connectivity index (χ3n) is 9.36. The van der Waals surface area contributed by atoms with Crippen molar-refractivity contribution in [3.8, 4) is 0 Å². The number of allylic oxidation sites excluding steroid dienone is 2. The molecule has 0 radical (unpaired) electrons. The van der Waals surface area contributed by atoms with Gasteiger partial charge < -0.3 is 0 Å². The van der Waals surface area contributed by atoms with E-state index in [1.807, 2.05) is 0 Å². The minimum atomic E-state index is -1.54. The highest BCUT2D eigenvalue weighted by molar-refractivity contribution is 5.86. The molecule has 0 aliphatic heterocycles. The van der Waals surface area contributed by atoms with Gasteiger partial charge in [-0.05, 0) is 192 Å². The highest BCUT2D eigenvalue weighted by Gasteiger charge is 2.26. The van der Waals surface area contributed by atoms with Gasteiger partial charge in [0.2, 0.25) is 0 Å². The van der Waals surface area contributed by atoms with E-state index >= 15 is 0 Å². The Morgan fingerprint density at radius 2 is 1.11 bits per heavy atom. The van der Waals surface area contributed by atoms with E-state index in [9.17, 15) is 8.78 Å². The van der Waals surface area contributed by atoms with Gasteiger partial charge in [-0.1, -0.05) is 6.08 Å². The Morgan fingerprint density at radius 1 is 0.657 bits per heavy atom. The molecule has 1 saturated carbocycles. The molecule has 0 aromatic heterocycles. The van der Waals surface area contributed by atoms with Crippen molar-refractivity contribution in [2.75, 3.05) is 0 Å². The lowest BCUT2D eigenvalue weighted by atomic mass is 9.73. The van der Waals surface area contributed by atoms with Crippen molar-refractivity contribution >= 4 is 11.6 Å². The first-order valence-corrected chi connectivity index (χ1v) is 13.2. The van der Waals surface area contributed by atoms with Crippen LogP contribution in [-0.2, 0) is 0 Å². The van der Waals surface area contributed by atoms with Crippen molar-refractivity contribution in [3.05, 3.63) is 78.9 Å². The Kier molecular flexibility index (Phi) is 8.45. The van der Waals surface area contributed by atoms with Crippen molar-refractivity contribution in [2.45, 2.75) is 107 Å². The summed E-state index contributed by atoms with van der Waals surface area (Å²) in [6.45, 7) is 22.6. The van der Waals surface area contributed by atoms with Gasteiger partial charge in [-0.25, -0.2) is 0 Å². The molecular formula is C33H44F2. The second-order valence-corrected chi connectivity index (χ2v) is 11.1. The fourth-order valence-electron chi connectivity index (χ4n) is 6.52. The zero-order valence-electron chi connectivity index (χ0n) is 23.6. The van der Waals surface area contributed by atoms with Crippen LogP contribution in [0.15, 0.2) is 12.2 Å². The van der Waals surface area contributed by atoms with Crippen LogP contribution < -0.4 is 0 Å². The Labute approximate surface area is 212 Å². The molecule has 2 heteroatoms. The molecule has 190 valence electrons. The lowest BCUT2D eigenvalue weighted by Crippen LogP contribution is -2.16. The maximum atomic E-state index is 12.5. The van der Waals surface area contributed by atoms with Crippen LogP contribution in [0.25, 0.3) is 11.6 Å². The van der Waals surface area contributed by atoms with E-state index in [0.717, 1.165) is 31.8 Å². The summed E-state index contributed by atoms with van der Waals surface area (Å²) >= 11 is 0. The molecule has 0 heterocycles. The summed E-state index contributed by atoms with van der Waals surface area (Å²) in [5, 5.41) is 0. The zero-order chi connectivity index (χ0) is 26.2. The predicted octanol–water partition coefficient (Wildman–Crippen LogP) is 10.5. The van der Waals surface area contributed by atoms with Crippen LogP contribution in [0.5, 0.6) is 0 Å². The van der Waals surface area contributed by atoms with Crippen LogP contribution >= 0.6 is 0 Å². The van der Waals surface area contributed by atoms with Gasteiger partial charge in [-0.2, -0.15) is 8.78 Å². The van der Waals surface area contributed by atoms with E-state index in [1.54, 1.807) is 0 Å². The van der Waals surface area contributed by atoms with Gasteiger partial charge in [-0.15, -0.1) is 0 Å². The summed E-state index contributed by atoms with van der Waals surface area (Å²) in [6.07, 6.45) is 6.78. The third kappa shape index (κ3) is 5.32. The molecule has 35 heavy (non-hydrogen) atoms. The lowest BCUT2D eigenvalue weighted by Gasteiger charge is -2.32. The molecule has 1 aliphatic rings. The van der Waals surface area contributed by atoms with Crippen molar-refractivity contribution in [1.82, 2.24) is 0 Å². The molecule has 0 N–H and O–H groups in total. The van der Waals surface area contributed by atoms with E-state index in [-0.39, 0.29) is 0 Å². The topological polar surface area (TPSA) is 0 Å². The minimum Gasteiger partial charge on any atom is -0.174 e. The van der Waals surface area contributed by atoms with Crippen molar-refractivity contribution < 1.29 is 8.78 Å². The van der Waals surface area contributed by atoms with Gasteiger partial charge in [0, 0.05) is 0 Å². The van der Waals surface area contributed by atoms with Crippen molar-refractivity contribution in [2.24, 2.45) is 5.92 Å². The largest absolute Gasteiger partial charge is 0.266 e. The van der Waals surface area contributed by atoms with Crippen molar-refractivity contribution in [1.29, 1.82) is 0 Å². The first kappa shape index (κ1) is 27.4. The molecule has 0 amide bonds. The number of halogens is 2. The summed E-state index contributed by atoms with van der Waals surface area (Å²) < 4.78 is 25.0. The number of hydrogen-bond donors (Lipinski definition) is 0. The fourth-order valence-corrected chi connectivity index (χ4v) is 6.52. The van der Waals surface area contributed by atoms with Crippen LogP contribution in [0.1, 0.15) is 112 Å². The molecule has 3 rings (SSSR count). The maximum absolute atomic E-state index is 12.5. The first-order valence-electron chi connectivity index (χ1n) is 13.2. The maximum Gasteiger partial charge on any atom is 0.266 e. The van der Waals surface area contributed by atoms with Crippen LogP contribution in [-0.4, -0.2) is 0 Å². The van der Waals surface area contributed by atoms with Crippen LogP contribution in [0.4, 0.5) is 8.78 Å². The highest BCUT2D eigenvalue weighted by atomic mass is 19.3. The second kappa shape index (κ2) is 10.8.